The Morgan fingerprint density at radius 2 is 1.68 bits per heavy atom. The number of benzene rings is 1. The van der Waals surface area contributed by atoms with Gasteiger partial charge >= 0.3 is 59.1 Å². The number of fused-ring (bicyclic) bond motifs is 1. The second-order valence-corrected chi connectivity index (χ2v) is 4.67. The van der Waals surface area contributed by atoms with Crippen molar-refractivity contribution < 1.29 is 76.9 Å². The zero-order valence-corrected chi connectivity index (χ0v) is 15.1. The van der Waals surface area contributed by atoms with Gasteiger partial charge in [-0.25, -0.2) is 8.42 Å². The van der Waals surface area contributed by atoms with Gasteiger partial charge in [-0.2, -0.15) is 0 Å². The molecular weight excluding hydrogens is 292 g/mol. The van der Waals surface area contributed by atoms with Crippen LogP contribution in [0.1, 0.15) is 15.9 Å². The van der Waals surface area contributed by atoms with E-state index in [2.05, 4.69) is 5.16 Å². The minimum Gasteiger partial charge on any atom is -0.791 e. The van der Waals surface area contributed by atoms with Crippen molar-refractivity contribution in [1.29, 1.82) is 0 Å². The van der Waals surface area contributed by atoms with E-state index in [1.807, 2.05) is 0 Å². The smallest absolute Gasteiger partial charge is 0.791 e. The van der Waals surface area contributed by atoms with E-state index in [1.54, 1.807) is 12.1 Å². The maximum Gasteiger partial charge on any atom is 1.00 e. The second-order valence-electron chi connectivity index (χ2n) is 3.32. The fourth-order valence-corrected chi connectivity index (χ4v) is 2.19. The first-order chi connectivity index (χ1) is 7.95. The van der Waals surface area contributed by atoms with Crippen LogP contribution in [-0.4, -0.2) is 24.5 Å². The number of carbonyl (C=O) groups excluding carboxylic acids is 1. The largest absolute Gasteiger partial charge is 1.00 e. The summed E-state index contributed by atoms with van der Waals surface area (Å²) >= 11 is 0. The number of hydrogen-bond donors (Lipinski definition) is 0. The Labute approximate surface area is 153 Å². The summed E-state index contributed by atoms with van der Waals surface area (Å²) in [6.07, 6.45) is 0.982. The molecule has 19 heavy (non-hydrogen) atoms. The number of allylic oxidation sites excluding steroid dienone is 1. The van der Waals surface area contributed by atoms with Gasteiger partial charge in [-0.1, -0.05) is 24.3 Å². The van der Waals surface area contributed by atoms with Crippen molar-refractivity contribution in [3.8, 4) is 0 Å². The van der Waals surface area contributed by atoms with Gasteiger partial charge in [0.05, 0.1) is 4.91 Å². The Hall–Kier alpha value is 0.0100. The molecule has 1 aliphatic carbocycles. The van der Waals surface area contributed by atoms with Crippen molar-refractivity contribution >= 4 is 27.7 Å². The number of hydrogen-bond acceptors (Lipinski definition) is 6. The Morgan fingerprint density at radius 3 is 2.21 bits per heavy atom. The molecule has 1 aliphatic rings. The van der Waals surface area contributed by atoms with E-state index < -0.39 is 26.5 Å². The van der Waals surface area contributed by atoms with Gasteiger partial charge in [0.15, 0.2) is 0 Å². The molecule has 9 heteroatoms. The second kappa shape index (κ2) is 7.14. The van der Waals surface area contributed by atoms with Crippen molar-refractivity contribution in [2.75, 3.05) is 0 Å². The first-order valence-corrected chi connectivity index (χ1v) is 5.88. The van der Waals surface area contributed by atoms with E-state index in [1.165, 1.54) is 12.1 Å². The molecular formula is C10H5NNa2O5S. The number of carbonyl (C=O) groups is 1. The minimum atomic E-state index is -4.90. The number of Topliss-reactive ketones (excluding diaryl/α,β-unsaturated/α-hetero) is 1. The Bertz CT molecular complexity index is 666. The predicted octanol–water partition coefficient (Wildman–Crippen LogP) is -5.28. The molecule has 88 valence electrons. The van der Waals surface area contributed by atoms with E-state index in [0.717, 1.165) is 6.08 Å². The van der Waals surface area contributed by atoms with Crippen LogP contribution in [0.3, 0.4) is 0 Å². The molecule has 0 saturated heterocycles. The third-order valence-corrected chi connectivity index (χ3v) is 3.15. The van der Waals surface area contributed by atoms with E-state index >= 15 is 0 Å². The summed E-state index contributed by atoms with van der Waals surface area (Å²) in [7, 11) is -4.90. The normalized spacial score (nSPS) is 15.9. The quantitative estimate of drug-likeness (QED) is 0.292. The summed E-state index contributed by atoms with van der Waals surface area (Å²) < 4.78 is 32.7. The van der Waals surface area contributed by atoms with Gasteiger partial charge in [0.2, 0.25) is 5.78 Å². The first kappa shape index (κ1) is 19.0. The fraction of sp³-hybridized carbons (Fsp3) is 0. The van der Waals surface area contributed by atoms with E-state index in [0.29, 0.717) is 0 Å². The maximum atomic E-state index is 11.7. The summed E-state index contributed by atoms with van der Waals surface area (Å²) in [5, 5.41) is 12.8. The molecule has 0 radical (unpaired) electrons. The van der Waals surface area contributed by atoms with Crippen LogP contribution in [0.5, 0.6) is 0 Å². The van der Waals surface area contributed by atoms with Crippen LogP contribution < -0.4 is 59.1 Å². The predicted molar refractivity (Wildman–Crippen MR) is 59.2 cm³/mol. The van der Waals surface area contributed by atoms with Crippen LogP contribution in [0.2, 0.25) is 0 Å². The van der Waals surface area contributed by atoms with Gasteiger partial charge in [-0.15, -0.1) is 0 Å². The fourth-order valence-electron chi connectivity index (χ4n) is 1.56. The van der Waals surface area contributed by atoms with Crippen LogP contribution in [0.25, 0.3) is 6.08 Å². The Kier molecular flexibility index (Phi) is 7.15. The van der Waals surface area contributed by atoms with Crippen molar-refractivity contribution in [1.82, 2.24) is 0 Å². The third kappa shape index (κ3) is 3.77. The zero-order valence-electron chi connectivity index (χ0n) is 10.3. The van der Waals surface area contributed by atoms with Gasteiger partial charge in [0.25, 0.3) is 0 Å². The SMILES string of the molecule is O=C1/C(=N\[O-])C(S(=O)(=O)[O-])=Cc2ccccc21.[Na+].[Na+]. The maximum absolute atomic E-state index is 11.7. The molecule has 0 aliphatic heterocycles. The Morgan fingerprint density at radius 1 is 1.11 bits per heavy atom. The first-order valence-electron chi connectivity index (χ1n) is 4.47. The molecule has 0 spiro atoms. The topological polar surface area (TPSA) is 110 Å². The molecule has 0 N–H and O–H groups in total. The monoisotopic (exact) mass is 297 g/mol. The number of ketones is 1. The third-order valence-electron chi connectivity index (χ3n) is 2.30. The van der Waals surface area contributed by atoms with Crippen LogP contribution in [0.4, 0.5) is 0 Å². The zero-order chi connectivity index (χ0) is 12.6. The molecule has 1 aromatic carbocycles. The van der Waals surface area contributed by atoms with Crippen LogP contribution in [0.15, 0.2) is 34.3 Å². The summed E-state index contributed by atoms with van der Waals surface area (Å²) in [4.78, 5) is 10.9. The number of rotatable bonds is 1. The van der Waals surface area contributed by atoms with Gasteiger partial charge in [0.1, 0.15) is 15.8 Å². The molecule has 6 nitrogen and oxygen atoms in total. The molecule has 0 saturated carbocycles. The summed E-state index contributed by atoms with van der Waals surface area (Å²) in [5.74, 6) is -0.854. The molecule has 0 amide bonds. The van der Waals surface area contributed by atoms with Crippen molar-refractivity contribution in [2.24, 2.45) is 5.16 Å². The molecule has 1 aromatic rings. The van der Waals surface area contributed by atoms with Crippen LogP contribution in [0, 0.1) is 5.21 Å². The number of nitrogens with zero attached hydrogens (tertiary/aromatic N) is 1. The van der Waals surface area contributed by atoms with Gasteiger partial charge < -0.3 is 14.9 Å². The van der Waals surface area contributed by atoms with Gasteiger partial charge in [-0.3, -0.25) is 4.79 Å². The van der Waals surface area contributed by atoms with Crippen molar-refractivity contribution in [2.45, 2.75) is 0 Å². The molecule has 2 rings (SSSR count). The van der Waals surface area contributed by atoms with E-state index in [9.17, 15) is 23.0 Å². The van der Waals surface area contributed by atoms with E-state index in [-0.39, 0.29) is 70.2 Å². The summed E-state index contributed by atoms with van der Waals surface area (Å²) in [6.45, 7) is 0. The molecule has 0 fully saturated rings. The minimum absolute atomic E-state index is 0. The van der Waals surface area contributed by atoms with Crippen LogP contribution >= 0.6 is 0 Å². The average molecular weight is 297 g/mol. The molecule has 0 bridgehead atoms. The summed E-state index contributed by atoms with van der Waals surface area (Å²) in [5.41, 5.74) is -0.437. The molecule has 0 heterocycles. The molecule has 0 atom stereocenters. The summed E-state index contributed by atoms with van der Waals surface area (Å²) in [6, 6.07) is 6.04. The standard InChI is InChI=1S/C10H7NO5S.2Na/c12-10-7-4-2-1-3-6(7)5-8(9(10)11-13)17(14,15)16;;/h1-5,13H,(H,14,15,16);;/q;2*+1/p-2/b11-9-;;. The van der Waals surface area contributed by atoms with Gasteiger partial charge in [0, 0.05) is 5.56 Å². The molecule has 0 unspecified atom stereocenters. The molecule has 0 aromatic heterocycles. The van der Waals surface area contributed by atoms with Crippen LogP contribution in [-0.2, 0) is 10.1 Å². The van der Waals surface area contributed by atoms with Crippen molar-refractivity contribution in [3.05, 3.63) is 45.5 Å². The average Bonchev–Trinajstić information content (AvgIpc) is 2.28. The van der Waals surface area contributed by atoms with Gasteiger partial charge in [-0.05, 0) is 11.6 Å². The Balaban J connectivity index is 0.00000162. The van der Waals surface area contributed by atoms with Crippen molar-refractivity contribution in [3.63, 3.8) is 0 Å². The van der Waals surface area contributed by atoms with E-state index in [4.69, 9.17) is 0 Å².